The van der Waals surface area contributed by atoms with E-state index in [9.17, 15) is 36.8 Å². The van der Waals surface area contributed by atoms with E-state index >= 15 is 0 Å². The van der Waals surface area contributed by atoms with Crippen LogP contribution in [0.15, 0.2) is 71.8 Å². The molecule has 240 valence electrons. The minimum Gasteiger partial charge on any atom is -0.351 e. The molecule has 2 aliphatic rings. The van der Waals surface area contributed by atoms with Crippen LogP contribution < -0.4 is 15.1 Å². The first-order chi connectivity index (χ1) is 21.7. The van der Waals surface area contributed by atoms with Gasteiger partial charge in [0.2, 0.25) is 21.8 Å². The van der Waals surface area contributed by atoms with Crippen LogP contribution in [0.3, 0.4) is 0 Å². The van der Waals surface area contributed by atoms with Crippen molar-refractivity contribution >= 4 is 50.9 Å². The molecule has 1 aliphatic carbocycles. The lowest BCUT2D eigenvalue weighted by Gasteiger charge is -2.39. The van der Waals surface area contributed by atoms with Crippen molar-refractivity contribution in [2.75, 3.05) is 23.9 Å². The van der Waals surface area contributed by atoms with Crippen molar-refractivity contribution in [2.45, 2.75) is 54.6 Å². The van der Waals surface area contributed by atoms with Gasteiger partial charge in [-0.05, 0) is 42.8 Å². The second-order valence-corrected chi connectivity index (χ2v) is 13.8. The van der Waals surface area contributed by atoms with Gasteiger partial charge in [-0.15, -0.1) is 0 Å². The molecule has 3 amide bonds. The highest BCUT2D eigenvalue weighted by molar-refractivity contribution is 7.89. The average Bonchev–Trinajstić information content (AvgIpc) is 3.40. The number of benzene rings is 2. The molecule has 0 radical (unpaired) electrons. The minimum absolute atomic E-state index is 0.00796. The van der Waals surface area contributed by atoms with E-state index in [0.717, 1.165) is 14.1 Å². The quantitative estimate of drug-likeness (QED) is 0.362. The smallest absolute Gasteiger partial charge is 0.252 e. The van der Waals surface area contributed by atoms with Gasteiger partial charge < -0.3 is 5.32 Å². The first-order valence-corrected chi connectivity index (χ1v) is 16.0. The zero-order valence-corrected chi connectivity index (χ0v) is 26.3. The maximum Gasteiger partial charge on any atom is 0.252 e. The summed E-state index contributed by atoms with van der Waals surface area (Å²) in [6.07, 6.45) is 0.0866. The van der Waals surface area contributed by atoms with Gasteiger partial charge in [0.1, 0.15) is 17.9 Å². The van der Waals surface area contributed by atoms with Crippen LogP contribution in [0.5, 0.6) is 0 Å². The van der Waals surface area contributed by atoms with E-state index in [0.29, 0.717) is 0 Å². The monoisotopic (exact) mass is 670 g/mol. The van der Waals surface area contributed by atoms with Crippen molar-refractivity contribution in [1.29, 1.82) is 5.26 Å². The number of sulfonamides is 1. The third-order valence-corrected chi connectivity index (χ3v) is 10.0. The van der Waals surface area contributed by atoms with Crippen LogP contribution in [0.1, 0.15) is 42.9 Å². The zero-order chi connectivity index (χ0) is 33.4. The molecule has 1 aliphatic heterocycles. The molecule has 11 nitrogen and oxygen atoms in total. The molecule has 3 aromatic rings. The van der Waals surface area contributed by atoms with Crippen LogP contribution in [-0.2, 0) is 24.4 Å². The molecule has 2 fully saturated rings. The van der Waals surface area contributed by atoms with E-state index < -0.39 is 64.6 Å². The Kier molecular flexibility index (Phi) is 9.12. The number of halogens is 3. The van der Waals surface area contributed by atoms with Gasteiger partial charge in [-0.3, -0.25) is 24.2 Å². The van der Waals surface area contributed by atoms with Gasteiger partial charge in [0, 0.05) is 61.9 Å². The maximum absolute atomic E-state index is 14.8. The van der Waals surface area contributed by atoms with Gasteiger partial charge in [-0.25, -0.2) is 26.5 Å². The maximum atomic E-state index is 14.8. The van der Waals surface area contributed by atoms with E-state index in [1.165, 1.54) is 68.8 Å². The standard InChI is InChI=1S/C31H29ClF2N6O5S/c1-38(2)46(44,45)22-7-5-6-21(15-22)39(30(43)25-10-11-27(41)40(25)26-14-19(18-35)12-13-36-26)28(23-8-3-4-9-24(23)32)29(42)37-20-16-31(33,34)17-20/h3-9,12-15,20,25,28H,10-11,16-17H2,1-2H3,(H,37,42)/t25?,28-/m0/s1. The summed E-state index contributed by atoms with van der Waals surface area (Å²) >= 11 is 6.57. The van der Waals surface area contributed by atoms with Crippen molar-refractivity contribution in [1.82, 2.24) is 14.6 Å². The summed E-state index contributed by atoms with van der Waals surface area (Å²) in [5, 5.41) is 12.1. The van der Waals surface area contributed by atoms with Crippen molar-refractivity contribution in [3.63, 3.8) is 0 Å². The zero-order valence-electron chi connectivity index (χ0n) is 24.7. The Morgan fingerprint density at radius 3 is 2.50 bits per heavy atom. The molecule has 0 spiro atoms. The molecule has 2 heterocycles. The fourth-order valence-corrected chi connectivity index (χ4v) is 6.71. The molecule has 1 N–H and O–H groups in total. The number of amides is 3. The first kappa shape index (κ1) is 32.9. The van der Waals surface area contributed by atoms with Crippen LogP contribution in [0.4, 0.5) is 20.3 Å². The van der Waals surface area contributed by atoms with E-state index in [1.54, 1.807) is 12.1 Å². The highest BCUT2D eigenvalue weighted by Gasteiger charge is 2.48. The Hall–Kier alpha value is -4.45. The number of nitrogens with zero attached hydrogens (tertiary/aromatic N) is 5. The van der Waals surface area contributed by atoms with Crippen molar-refractivity contribution < 1.29 is 31.6 Å². The van der Waals surface area contributed by atoms with Crippen LogP contribution >= 0.6 is 11.6 Å². The third-order valence-electron chi connectivity index (χ3n) is 7.87. The number of alkyl halides is 2. The number of carbonyl (C=O) groups is 3. The van der Waals surface area contributed by atoms with Crippen LogP contribution in [0.2, 0.25) is 5.02 Å². The average molecular weight is 671 g/mol. The molecular weight excluding hydrogens is 642 g/mol. The van der Waals surface area contributed by atoms with Gasteiger partial charge in [-0.2, -0.15) is 5.26 Å². The van der Waals surface area contributed by atoms with Gasteiger partial charge in [0.25, 0.3) is 11.8 Å². The number of nitriles is 1. The first-order valence-electron chi connectivity index (χ1n) is 14.2. The number of hydrogen-bond donors (Lipinski definition) is 1. The number of hydrogen-bond acceptors (Lipinski definition) is 7. The summed E-state index contributed by atoms with van der Waals surface area (Å²) in [4.78, 5) is 48.2. The fourth-order valence-electron chi connectivity index (χ4n) is 5.53. The fraction of sp³-hybridized carbons (Fsp3) is 0.323. The SMILES string of the molecule is CN(C)S(=O)(=O)c1cccc(N(C(=O)C2CCC(=O)N2c2cc(C#N)ccn2)[C@H](C(=O)NC2CC(F)(F)C2)c2ccccc2Cl)c1. The largest absolute Gasteiger partial charge is 0.351 e. The van der Waals surface area contributed by atoms with E-state index in [2.05, 4.69) is 10.3 Å². The summed E-state index contributed by atoms with van der Waals surface area (Å²) in [5.74, 6) is -4.98. The number of carbonyl (C=O) groups excluding carboxylic acids is 3. The predicted octanol–water partition coefficient (Wildman–Crippen LogP) is 4.04. The molecule has 1 aromatic heterocycles. The number of rotatable bonds is 9. The Bertz CT molecular complexity index is 1840. The molecule has 1 saturated heterocycles. The highest BCUT2D eigenvalue weighted by atomic mass is 35.5. The Labute approximate surface area is 269 Å². The summed E-state index contributed by atoms with van der Waals surface area (Å²) in [5.41, 5.74) is 0.312. The summed E-state index contributed by atoms with van der Waals surface area (Å²) in [6, 6.07) is 12.6. The summed E-state index contributed by atoms with van der Waals surface area (Å²) in [7, 11) is -1.34. The van der Waals surface area contributed by atoms with E-state index in [-0.39, 0.29) is 45.4 Å². The van der Waals surface area contributed by atoms with Crippen molar-refractivity contribution in [2.24, 2.45) is 0 Å². The molecule has 1 saturated carbocycles. The summed E-state index contributed by atoms with van der Waals surface area (Å²) in [6.45, 7) is 0. The molecule has 2 aromatic carbocycles. The predicted molar refractivity (Wildman–Crippen MR) is 165 cm³/mol. The molecular formula is C31H29ClF2N6O5S. The molecule has 0 bridgehead atoms. The second-order valence-electron chi connectivity index (χ2n) is 11.2. The van der Waals surface area contributed by atoms with Gasteiger partial charge >= 0.3 is 0 Å². The lowest BCUT2D eigenvalue weighted by molar-refractivity contribution is -0.133. The number of aromatic nitrogens is 1. The number of anilines is 2. The lowest BCUT2D eigenvalue weighted by Crippen LogP contribution is -2.56. The lowest BCUT2D eigenvalue weighted by atomic mass is 9.87. The Balaban J connectivity index is 1.68. The minimum atomic E-state index is -4.01. The molecule has 2 atom stereocenters. The number of pyridine rings is 1. The van der Waals surface area contributed by atoms with Crippen molar-refractivity contribution in [3.05, 3.63) is 83.0 Å². The summed E-state index contributed by atoms with van der Waals surface area (Å²) < 4.78 is 54.7. The molecule has 5 rings (SSSR count). The van der Waals surface area contributed by atoms with Gasteiger partial charge in [-0.1, -0.05) is 35.9 Å². The third kappa shape index (κ3) is 6.44. The Morgan fingerprint density at radius 1 is 1.13 bits per heavy atom. The second kappa shape index (κ2) is 12.7. The number of nitrogens with one attached hydrogen (secondary N) is 1. The molecule has 15 heteroatoms. The van der Waals surface area contributed by atoms with Crippen LogP contribution in [-0.4, -0.2) is 67.5 Å². The molecule has 1 unspecified atom stereocenters. The molecule has 46 heavy (non-hydrogen) atoms. The highest BCUT2D eigenvalue weighted by Crippen LogP contribution is 2.40. The van der Waals surface area contributed by atoms with Gasteiger partial charge in [0.15, 0.2) is 0 Å². The Morgan fingerprint density at radius 2 is 1.85 bits per heavy atom. The van der Waals surface area contributed by atoms with Gasteiger partial charge in [0.05, 0.1) is 16.5 Å². The van der Waals surface area contributed by atoms with Crippen molar-refractivity contribution in [3.8, 4) is 6.07 Å². The van der Waals surface area contributed by atoms with Crippen LogP contribution in [0.25, 0.3) is 0 Å². The van der Waals surface area contributed by atoms with E-state index in [4.69, 9.17) is 11.6 Å². The van der Waals surface area contributed by atoms with E-state index in [1.807, 2.05) is 6.07 Å². The normalized spacial score (nSPS) is 18.5. The topological polar surface area (TPSA) is 144 Å². The van der Waals surface area contributed by atoms with Crippen LogP contribution in [0, 0.1) is 11.3 Å².